The number of nitrogens with zero attached hydrogens (tertiary/aromatic N) is 2. The molecular weight excluding hydrogens is 394 g/mol. The lowest BCUT2D eigenvalue weighted by Crippen LogP contribution is -3.13. The van der Waals surface area contributed by atoms with E-state index >= 15 is 0 Å². The second-order valence-electron chi connectivity index (χ2n) is 8.47. The minimum Gasteiger partial charge on any atom is -0.486 e. The van der Waals surface area contributed by atoms with Crippen LogP contribution in [-0.2, 0) is 16.1 Å². The van der Waals surface area contributed by atoms with Gasteiger partial charge < -0.3 is 24.2 Å². The highest BCUT2D eigenvalue weighted by molar-refractivity contribution is 6.00. The fourth-order valence-electron chi connectivity index (χ4n) is 4.69. The molecule has 2 aromatic rings. The summed E-state index contributed by atoms with van der Waals surface area (Å²) >= 11 is 0. The number of hydrogen-bond acceptors (Lipinski definition) is 4. The Morgan fingerprint density at radius 3 is 2.52 bits per heavy atom. The average molecular weight is 423 g/mol. The minimum atomic E-state index is -0.281. The number of ether oxygens (including phenoxy) is 2. The number of hydrogen-bond donors (Lipinski definition) is 1. The van der Waals surface area contributed by atoms with Gasteiger partial charge in [-0.05, 0) is 12.1 Å². The van der Waals surface area contributed by atoms with E-state index in [0.29, 0.717) is 31.3 Å². The van der Waals surface area contributed by atoms with Gasteiger partial charge in [-0.15, -0.1) is 0 Å². The van der Waals surface area contributed by atoms with Gasteiger partial charge in [0, 0.05) is 30.3 Å². The summed E-state index contributed by atoms with van der Waals surface area (Å²) in [7, 11) is 0. The predicted octanol–water partition coefficient (Wildman–Crippen LogP) is 0.738. The second kappa shape index (κ2) is 8.59. The number of carbonyl (C=O) groups excluding carboxylic acids is 2. The third kappa shape index (κ3) is 4.23. The zero-order chi connectivity index (χ0) is 21.2. The van der Waals surface area contributed by atoms with Gasteiger partial charge in [0.05, 0.1) is 32.1 Å². The fraction of sp³-hybridized carbons (Fsp3) is 0.417. The highest BCUT2D eigenvalue weighted by Gasteiger charge is 2.38. The number of benzene rings is 2. The molecule has 0 saturated carbocycles. The molecule has 31 heavy (non-hydrogen) atoms. The van der Waals surface area contributed by atoms with E-state index in [-0.39, 0.29) is 24.2 Å². The van der Waals surface area contributed by atoms with E-state index in [1.165, 1.54) is 10.5 Å². The molecule has 1 atom stereocenters. The van der Waals surface area contributed by atoms with Crippen LogP contribution in [0.15, 0.2) is 48.5 Å². The lowest BCUT2D eigenvalue weighted by Gasteiger charge is -2.33. The summed E-state index contributed by atoms with van der Waals surface area (Å²) in [5.41, 5.74) is 2.09. The number of nitrogens with one attached hydrogen (secondary N) is 1. The molecule has 2 amide bonds. The van der Waals surface area contributed by atoms with E-state index in [1.807, 2.05) is 29.2 Å². The van der Waals surface area contributed by atoms with Crippen molar-refractivity contribution in [3.8, 4) is 11.5 Å². The Balaban J connectivity index is 1.18. The molecule has 1 N–H and O–H groups in total. The summed E-state index contributed by atoms with van der Waals surface area (Å²) in [6, 6.07) is 16.0. The summed E-state index contributed by atoms with van der Waals surface area (Å²) in [6.45, 7) is 5.82. The molecular formula is C24H28N3O4+. The van der Waals surface area contributed by atoms with Crippen molar-refractivity contribution in [1.82, 2.24) is 4.90 Å². The van der Waals surface area contributed by atoms with Crippen LogP contribution in [0.5, 0.6) is 11.5 Å². The van der Waals surface area contributed by atoms with Crippen LogP contribution < -0.4 is 19.3 Å². The highest BCUT2D eigenvalue weighted by Crippen LogP contribution is 2.36. The van der Waals surface area contributed by atoms with Gasteiger partial charge in [-0.25, -0.2) is 0 Å². The van der Waals surface area contributed by atoms with Gasteiger partial charge in [-0.1, -0.05) is 30.3 Å². The molecule has 5 rings (SSSR count). The Hall–Kier alpha value is -3.06. The van der Waals surface area contributed by atoms with E-state index in [2.05, 4.69) is 24.3 Å². The topological polar surface area (TPSA) is 63.5 Å². The summed E-state index contributed by atoms with van der Waals surface area (Å²) in [5, 5.41) is 0. The smallest absolute Gasteiger partial charge is 0.228 e. The maximum atomic E-state index is 13.1. The number of quaternary nitrogens is 1. The lowest BCUT2D eigenvalue weighted by molar-refractivity contribution is -0.917. The molecule has 3 aliphatic rings. The molecule has 0 unspecified atom stereocenters. The first-order valence-electron chi connectivity index (χ1n) is 11.0. The van der Waals surface area contributed by atoms with Gasteiger partial charge in [0.15, 0.2) is 11.5 Å². The van der Waals surface area contributed by atoms with Crippen LogP contribution in [0.2, 0.25) is 0 Å². The Morgan fingerprint density at radius 2 is 1.74 bits per heavy atom. The zero-order valence-corrected chi connectivity index (χ0v) is 17.6. The average Bonchev–Trinajstić information content (AvgIpc) is 3.21. The van der Waals surface area contributed by atoms with E-state index in [1.54, 1.807) is 4.90 Å². The Labute approximate surface area is 182 Å². The van der Waals surface area contributed by atoms with Crippen LogP contribution in [-0.4, -0.2) is 62.7 Å². The van der Waals surface area contributed by atoms with Gasteiger partial charge in [0.2, 0.25) is 11.8 Å². The van der Waals surface area contributed by atoms with Gasteiger partial charge in [-0.3, -0.25) is 9.59 Å². The SMILES string of the molecule is O=C([C@@H]1CC(=O)N(c2ccc3c(c2)OCCO3)C1)N1CC[NH+](Cc2ccccc2)CC1. The normalized spacial score (nSPS) is 21.4. The van der Waals surface area contributed by atoms with Crippen LogP contribution >= 0.6 is 0 Å². The second-order valence-corrected chi connectivity index (χ2v) is 8.47. The van der Waals surface area contributed by atoms with Crippen molar-refractivity contribution in [3.05, 3.63) is 54.1 Å². The number of amides is 2. The van der Waals surface area contributed by atoms with Gasteiger partial charge >= 0.3 is 0 Å². The van der Waals surface area contributed by atoms with E-state index < -0.39 is 0 Å². The van der Waals surface area contributed by atoms with Crippen LogP contribution in [0.25, 0.3) is 0 Å². The maximum Gasteiger partial charge on any atom is 0.228 e. The first-order chi connectivity index (χ1) is 15.2. The van der Waals surface area contributed by atoms with Crippen LogP contribution in [0.1, 0.15) is 12.0 Å². The van der Waals surface area contributed by atoms with Gasteiger partial charge in [0.1, 0.15) is 19.8 Å². The molecule has 2 fully saturated rings. The summed E-state index contributed by atoms with van der Waals surface area (Å²) in [6.07, 6.45) is 0.268. The first kappa shape index (κ1) is 19.9. The number of piperazine rings is 1. The molecule has 7 heteroatoms. The molecule has 7 nitrogen and oxygen atoms in total. The summed E-state index contributed by atoms with van der Waals surface area (Å²) in [4.78, 5) is 30.9. The quantitative estimate of drug-likeness (QED) is 0.790. The number of fused-ring (bicyclic) bond motifs is 1. The van der Waals surface area contributed by atoms with Crippen molar-refractivity contribution >= 4 is 17.5 Å². The van der Waals surface area contributed by atoms with Crippen molar-refractivity contribution in [3.63, 3.8) is 0 Å². The van der Waals surface area contributed by atoms with Crippen LogP contribution in [0.3, 0.4) is 0 Å². The van der Waals surface area contributed by atoms with Crippen molar-refractivity contribution < 1.29 is 24.0 Å². The summed E-state index contributed by atoms with van der Waals surface area (Å²) < 4.78 is 11.2. The van der Waals surface area contributed by atoms with E-state index in [9.17, 15) is 9.59 Å². The van der Waals surface area contributed by atoms with Crippen molar-refractivity contribution in [1.29, 1.82) is 0 Å². The molecule has 0 bridgehead atoms. The molecule has 0 spiro atoms. The first-order valence-corrected chi connectivity index (χ1v) is 11.0. The van der Waals surface area contributed by atoms with E-state index in [4.69, 9.17) is 9.47 Å². The number of anilines is 1. The Kier molecular flexibility index (Phi) is 5.51. The highest BCUT2D eigenvalue weighted by atomic mass is 16.6. The molecule has 3 aliphatic heterocycles. The Morgan fingerprint density at radius 1 is 1.00 bits per heavy atom. The molecule has 0 aliphatic carbocycles. The molecule has 0 aromatic heterocycles. The fourth-order valence-corrected chi connectivity index (χ4v) is 4.69. The third-order valence-corrected chi connectivity index (χ3v) is 6.39. The predicted molar refractivity (Wildman–Crippen MR) is 115 cm³/mol. The van der Waals surface area contributed by atoms with Gasteiger partial charge in [-0.2, -0.15) is 0 Å². The largest absolute Gasteiger partial charge is 0.486 e. The lowest BCUT2D eigenvalue weighted by atomic mass is 10.1. The minimum absolute atomic E-state index is 0.0108. The van der Waals surface area contributed by atoms with Gasteiger partial charge in [0.25, 0.3) is 0 Å². The van der Waals surface area contributed by atoms with Crippen LogP contribution in [0.4, 0.5) is 5.69 Å². The molecule has 2 saturated heterocycles. The van der Waals surface area contributed by atoms with Crippen LogP contribution in [0, 0.1) is 5.92 Å². The van der Waals surface area contributed by atoms with Crippen molar-refractivity contribution in [2.24, 2.45) is 5.92 Å². The monoisotopic (exact) mass is 422 g/mol. The number of carbonyl (C=O) groups is 2. The number of rotatable bonds is 4. The standard InChI is InChI=1S/C24H27N3O4/c28-23-14-19(17-27(23)20-6-7-21-22(15-20)31-13-12-30-21)24(29)26-10-8-25(9-11-26)16-18-4-2-1-3-5-18/h1-7,15,19H,8-14,16-17H2/p+1/t19-/m1/s1. The van der Waals surface area contributed by atoms with E-state index in [0.717, 1.165) is 38.4 Å². The molecule has 0 radical (unpaired) electrons. The molecule has 2 aromatic carbocycles. The third-order valence-electron chi connectivity index (χ3n) is 6.39. The molecule has 162 valence electrons. The molecule has 3 heterocycles. The van der Waals surface area contributed by atoms with Crippen molar-refractivity contribution in [2.45, 2.75) is 13.0 Å². The Bertz CT molecular complexity index is 957. The zero-order valence-electron chi connectivity index (χ0n) is 17.6. The summed E-state index contributed by atoms with van der Waals surface area (Å²) in [5.74, 6) is 1.17. The maximum absolute atomic E-state index is 13.1. The van der Waals surface area contributed by atoms with Crippen molar-refractivity contribution in [2.75, 3.05) is 50.8 Å².